The minimum absolute atomic E-state index is 0.176. The molecule has 172 valence electrons. The maximum absolute atomic E-state index is 13.1. The van der Waals surface area contributed by atoms with Crippen LogP contribution < -0.4 is 15.4 Å². The predicted octanol–water partition coefficient (Wildman–Crippen LogP) is 3.72. The molecule has 0 bridgehead atoms. The van der Waals surface area contributed by atoms with E-state index in [1.165, 1.54) is 12.1 Å². The van der Waals surface area contributed by atoms with Crippen molar-refractivity contribution in [1.82, 2.24) is 20.5 Å². The topological polar surface area (TPSA) is 78.9 Å². The van der Waals surface area contributed by atoms with Crippen molar-refractivity contribution in [1.29, 1.82) is 0 Å². The molecule has 0 saturated heterocycles. The van der Waals surface area contributed by atoms with E-state index in [1.807, 2.05) is 33.2 Å². The number of hydrogen-bond donors (Lipinski definition) is 2. The van der Waals surface area contributed by atoms with Gasteiger partial charge in [0.2, 0.25) is 11.8 Å². The molecule has 1 aliphatic carbocycles. The molecule has 1 heterocycles. The van der Waals surface area contributed by atoms with Gasteiger partial charge in [0.25, 0.3) is 0 Å². The van der Waals surface area contributed by atoms with Gasteiger partial charge in [0.1, 0.15) is 11.6 Å². The van der Waals surface area contributed by atoms with E-state index < -0.39 is 0 Å². The summed E-state index contributed by atoms with van der Waals surface area (Å²) in [6.45, 7) is 3.71. The molecule has 1 fully saturated rings. The SMILES string of the molecule is CCNC(=NCc1ccnc(Oc2ccc(F)cc2)c1)NCC1(C(=O)N(C)C)CCCC1. The quantitative estimate of drug-likeness (QED) is 0.482. The van der Waals surface area contributed by atoms with Crippen LogP contribution in [0.3, 0.4) is 0 Å². The number of pyridine rings is 1. The summed E-state index contributed by atoms with van der Waals surface area (Å²) >= 11 is 0. The largest absolute Gasteiger partial charge is 0.439 e. The molecule has 1 aromatic heterocycles. The van der Waals surface area contributed by atoms with Crippen molar-refractivity contribution >= 4 is 11.9 Å². The number of benzene rings is 1. The van der Waals surface area contributed by atoms with Crippen LogP contribution in [0.5, 0.6) is 11.6 Å². The first-order valence-corrected chi connectivity index (χ1v) is 11.0. The molecule has 8 heteroatoms. The van der Waals surface area contributed by atoms with Crippen molar-refractivity contribution in [2.75, 3.05) is 27.2 Å². The molecule has 2 N–H and O–H groups in total. The first kappa shape index (κ1) is 23.5. The molecule has 2 aromatic rings. The van der Waals surface area contributed by atoms with E-state index in [0.29, 0.717) is 30.7 Å². The number of ether oxygens (including phenoxy) is 1. The first-order chi connectivity index (χ1) is 15.4. The number of amides is 1. The second-order valence-corrected chi connectivity index (χ2v) is 8.29. The zero-order valence-electron chi connectivity index (χ0n) is 19.0. The number of guanidine groups is 1. The van der Waals surface area contributed by atoms with Crippen molar-refractivity contribution in [2.24, 2.45) is 10.4 Å². The Kier molecular flexibility index (Phi) is 8.03. The summed E-state index contributed by atoms with van der Waals surface area (Å²) in [7, 11) is 3.63. The van der Waals surface area contributed by atoms with Gasteiger partial charge in [-0.1, -0.05) is 12.8 Å². The molecule has 1 amide bonds. The van der Waals surface area contributed by atoms with Gasteiger partial charge in [-0.25, -0.2) is 14.4 Å². The molecule has 1 aliphatic rings. The number of hydrogen-bond acceptors (Lipinski definition) is 4. The molecule has 0 aliphatic heterocycles. The Hall–Kier alpha value is -3.16. The summed E-state index contributed by atoms with van der Waals surface area (Å²) in [6.07, 6.45) is 5.59. The Morgan fingerprint density at radius 3 is 2.56 bits per heavy atom. The summed E-state index contributed by atoms with van der Waals surface area (Å²) in [5.41, 5.74) is 0.557. The van der Waals surface area contributed by atoms with E-state index in [4.69, 9.17) is 4.74 Å². The predicted molar refractivity (Wildman–Crippen MR) is 123 cm³/mol. The zero-order valence-corrected chi connectivity index (χ0v) is 19.0. The number of nitrogens with one attached hydrogen (secondary N) is 2. The van der Waals surface area contributed by atoms with Crippen molar-refractivity contribution < 1.29 is 13.9 Å². The fourth-order valence-corrected chi connectivity index (χ4v) is 3.99. The van der Waals surface area contributed by atoms with Gasteiger partial charge >= 0.3 is 0 Å². The van der Waals surface area contributed by atoms with E-state index in [0.717, 1.165) is 37.8 Å². The summed E-state index contributed by atoms with van der Waals surface area (Å²) in [5.74, 6) is 1.47. The van der Waals surface area contributed by atoms with Crippen molar-refractivity contribution in [2.45, 2.75) is 39.2 Å². The van der Waals surface area contributed by atoms with Gasteiger partial charge in [0, 0.05) is 39.4 Å². The molecule has 0 unspecified atom stereocenters. The summed E-state index contributed by atoms with van der Waals surface area (Å²) in [5, 5.41) is 6.63. The highest BCUT2D eigenvalue weighted by molar-refractivity contribution is 5.85. The first-order valence-electron chi connectivity index (χ1n) is 11.0. The zero-order chi connectivity index (χ0) is 23.0. The average molecular weight is 442 g/mol. The Bertz CT molecular complexity index is 924. The van der Waals surface area contributed by atoms with E-state index >= 15 is 0 Å². The molecule has 0 spiro atoms. The van der Waals surface area contributed by atoms with Crippen LogP contribution in [0.1, 0.15) is 38.2 Å². The molecule has 32 heavy (non-hydrogen) atoms. The van der Waals surface area contributed by atoms with Gasteiger partial charge in [-0.3, -0.25) is 4.79 Å². The van der Waals surface area contributed by atoms with Gasteiger partial charge in [-0.2, -0.15) is 0 Å². The lowest BCUT2D eigenvalue weighted by molar-refractivity contribution is -0.138. The number of halogens is 1. The van der Waals surface area contributed by atoms with Crippen LogP contribution in [0, 0.1) is 11.2 Å². The maximum Gasteiger partial charge on any atom is 0.230 e. The number of rotatable bonds is 8. The average Bonchev–Trinajstić information content (AvgIpc) is 3.27. The highest BCUT2D eigenvalue weighted by atomic mass is 19.1. The van der Waals surface area contributed by atoms with Crippen LogP contribution in [-0.2, 0) is 11.3 Å². The Labute approximate surface area is 189 Å². The molecule has 0 atom stereocenters. The lowest BCUT2D eigenvalue weighted by atomic mass is 9.84. The second kappa shape index (κ2) is 10.9. The van der Waals surface area contributed by atoms with Crippen molar-refractivity contribution in [3.8, 4) is 11.6 Å². The number of carbonyl (C=O) groups excluding carboxylic acids is 1. The van der Waals surface area contributed by atoms with Crippen LogP contribution in [0.4, 0.5) is 4.39 Å². The molecular formula is C24H32FN5O2. The summed E-state index contributed by atoms with van der Waals surface area (Å²) in [6, 6.07) is 9.49. The van der Waals surface area contributed by atoms with E-state index in [9.17, 15) is 9.18 Å². The highest BCUT2D eigenvalue weighted by Gasteiger charge is 2.42. The maximum atomic E-state index is 13.1. The smallest absolute Gasteiger partial charge is 0.230 e. The van der Waals surface area contributed by atoms with E-state index in [2.05, 4.69) is 20.6 Å². The van der Waals surface area contributed by atoms with Crippen LogP contribution >= 0.6 is 0 Å². The van der Waals surface area contributed by atoms with Gasteiger partial charge in [-0.05, 0) is 55.7 Å². The Morgan fingerprint density at radius 2 is 1.91 bits per heavy atom. The molecule has 7 nitrogen and oxygen atoms in total. The van der Waals surface area contributed by atoms with Gasteiger partial charge < -0.3 is 20.3 Å². The van der Waals surface area contributed by atoms with Crippen LogP contribution in [0.25, 0.3) is 0 Å². The normalized spacial score (nSPS) is 15.3. The highest BCUT2D eigenvalue weighted by Crippen LogP contribution is 2.38. The molecule has 1 aromatic carbocycles. The third-order valence-electron chi connectivity index (χ3n) is 5.61. The minimum atomic E-state index is -0.369. The summed E-state index contributed by atoms with van der Waals surface area (Å²) in [4.78, 5) is 23.4. The number of aliphatic imine (C=N–C) groups is 1. The monoisotopic (exact) mass is 441 g/mol. The number of aromatic nitrogens is 1. The number of nitrogens with zero attached hydrogens (tertiary/aromatic N) is 3. The standard InChI is InChI=1S/C24H32FN5O2/c1-4-26-23(29-17-24(12-5-6-13-24)22(31)30(2)3)28-16-18-11-14-27-21(15-18)32-20-9-7-19(25)8-10-20/h7-11,14-15H,4-6,12-13,16-17H2,1-3H3,(H2,26,28,29). The van der Waals surface area contributed by atoms with Gasteiger partial charge in [-0.15, -0.1) is 0 Å². The molecule has 0 radical (unpaired) electrons. The summed E-state index contributed by atoms with van der Waals surface area (Å²) < 4.78 is 18.8. The Morgan fingerprint density at radius 1 is 1.19 bits per heavy atom. The van der Waals surface area contributed by atoms with E-state index in [1.54, 1.807) is 23.2 Å². The van der Waals surface area contributed by atoms with Crippen molar-refractivity contribution in [3.63, 3.8) is 0 Å². The van der Waals surface area contributed by atoms with Gasteiger partial charge in [0.15, 0.2) is 5.96 Å². The van der Waals surface area contributed by atoms with Crippen LogP contribution in [0.15, 0.2) is 47.6 Å². The third-order valence-corrected chi connectivity index (χ3v) is 5.61. The molecule has 3 rings (SSSR count). The molecular weight excluding hydrogens is 409 g/mol. The minimum Gasteiger partial charge on any atom is -0.439 e. The van der Waals surface area contributed by atoms with Crippen molar-refractivity contribution in [3.05, 3.63) is 54.0 Å². The lowest BCUT2D eigenvalue weighted by Crippen LogP contribution is -2.49. The van der Waals surface area contributed by atoms with Crippen LogP contribution in [0.2, 0.25) is 0 Å². The molecule has 1 saturated carbocycles. The second-order valence-electron chi connectivity index (χ2n) is 8.29. The third kappa shape index (κ3) is 6.18. The lowest BCUT2D eigenvalue weighted by Gasteiger charge is -2.31. The Balaban J connectivity index is 1.65. The van der Waals surface area contributed by atoms with E-state index in [-0.39, 0.29) is 17.1 Å². The number of carbonyl (C=O) groups is 1. The van der Waals surface area contributed by atoms with Gasteiger partial charge in [0.05, 0.1) is 12.0 Å². The van der Waals surface area contributed by atoms with Crippen LogP contribution in [-0.4, -0.2) is 48.9 Å². The fourth-order valence-electron chi connectivity index (χ4n) is 3.99. The fraction of sp³-hybridized carbons (Fsp3) is 0.458.